The Kier molecular flexibility index (Phi) is 6.60. The van der Waals surface area contributed by atoms with Crippen molar-refractivity contribution in [2.24, 2.45) is 0 Å². The average molecular weight is 259 g/mol. The minimum Gasteiger partial charge on any atom is -0.488 e. The molecule has 1 atom stereocenters. The first-order chi connectivity index (χ1) is 8.61. The minimum absolute atomic E-state index is 0.161. The first-order valence-corrected chi connectivity index (χ1v) is 5.96. The SMILES string of the molecule is CC(CCO)NCc1ccc(OCC(F)F)cc1. The fourth-order valence-electron chi connectivity index (χ4n) is 1.45. The molecular formula is C13H19F2NO2. The van der Waals surface area contributed by atoms with Crippen LogP contribution in [0.1, 0.15) is 18.9 Å². The molecule has 0 fully saturated rings. The summed E-state index contributed by atoms with van der Waals surface area (Å²) in [7, 11) is 0. The lowest BCUT2D eigenvalue weighted by Gasteiger charge is -2.12. The highest BCUT2D eigenvalue weighted by Crippen LogP contribution is 2.13. The highest BCUT2D eigenvalue weighted by atomic mass is 19.3. The third-order valence-electron chi connectivity index (χ3n) is 2.52. The van der Waals surface area contributed by atoms with Gasteiger partial charge in [-0.05, 0) is 31.0 Å². The molecular weight excluding hydrogens is 240 g/mol. The predicted molar refractivity (Wildman–Crippen MR) is 65.9 cm³/mol. The summed E-state index contributed by atoms with van der Waals surface area (Å²) < 4.78 is 28.7. The predicted octanol–water partition coefficient (Wildman–Crippen LogP) is 2.19. The molecule has 0 saturated heterocycles. The van der Waals surface area contributed by atoms with E-state index >= 15 is 0 Å². The van der Waals surface area contributed by atoms with E-state index in [0.717, 1.165) is 5.56 Å². The van der Waals surface area contributed by atoms with Gasteiger partial charge in [0, 0.05) is 19.2 Å². The molecule has 0 heterocycles. The van der Waals surface area contributed by atoms with E-state index in [1.807, 2.05) is 19.1 Å². The van der Waals surface area contributed by atoms with E-state index in [-0.39, 0.29) is 12.6 Å². The number of hydrogen-bond donors (Lipinski definition) is 2. The topological polar surface area (TPSA) is 41.5 Å². The molecule has 1 aromatic carbocycles. The van der Waals surface area contributed by atoms with Crippen molar-refractivity contribution in [3.8, 4) is 5.75 Å². The van der Waals surface area contributed by atoms with Gasteiger partial charge in [0.2, 0.25) is 0 Å². The minimum atomic E-state index is -2.45. The fraction of sp³-hybridized carbons (Fsp3) is 0.538. The maximum atomic E-state index is 11.9. The molecule has 0 bridgehead atoms. The zero-order valence-corrected chi connectivity index (χ0v) is 10.4. The van der Waals surface area contributed by atoms with Crippen LogP contribution in [-0.2, 0) is 6.54 Å². The molecule has 1 aromatic rings. The Morgan fingerprint density at radius 3 is 2.50 bits per heavy atom. The van der Waals surface area contributed by atoms with Gasteiger partial charge in [-0.3, -0.25) is 0 Å². The first-order valence-electron chi connectivity index (χ1n) is 5.96. The normalized spacial score (nSPS) is 12.7. The highest BCUT2D eigenvalue weighted by Gasteiger charge is 2.04. The number of aliphatic hydroxyl groups is 1. The zero-order chi connectivity index (χ0) is 13.4. The number of alkyl halides is 2. The Balaban J connectivity index is 2.35. The lowest BCUT2D eigenvalue weighted by molar-refractivity contribution is 0.0819. The van der Waals surface area contributed by atoms with Gasteiger partial charge in [0.15, 0.2) is 0 Å². The standard InChI is InChI=1S/C13H19F2NO2/c1-10(6-7-17)16-8-11-2-4-12(5-3-11)18-9-13(14)15/h2-5,10,13,16-17H,6-9H2,1H3. The van der Waals surface area contributed by atoms with Crippen LogP contribution in [0, 0.1) is 0 Å². The van der Waals surface area contributed by atoms with Crippen LogP contribution >= 0.6 is 0 Å². The van der Waals surface area contributed by atoms with E-state index in [9.17, 15) is 8.78 Å². The molecule has 0 aromatic heterocycles. The summed E-state index contributed by atoms with van der Waals surface area (Å²) in [4.78, 5) is 0. The second-order valence-electron chi connectivity index (χ2n) is 4.14. The molecule has 0 aliphatic heterocycles. The molecule has 5 heteroatoms. The van der Waals surface area contributed by atoms with Crippen molar-refractivity contribution in [1.29, 1.82) is 0 Å². The van der Waals surface area contributed by atoms with Gasteiger partial charge in [-0.1, -0.05) is 12.1 Å². The molecule has 0 saturated carbocycles. The molecule has 0 aliphatic carbocycles. The van der Waals surface area contributed by atoms with Gasteiger partial charge in [-0.2, -0.15) is 0 Å². The zero-order valence-electron chi connectivity index (χ0n) is 10.4. The van der Waals surface area contributed by atoms with Gasteiger partial charge in [0.05, 0.1) is 0 Å². The maximum Gasteiger partial charge on any atom is 0.272 e. The number of benzene rings is 1. The summed E-state index contributed by atoms with van der Waals surface area (Å²) in [6.07, 6.45) is -1.75. The van der Waals surface area contributed by atoms with Crippen molar-refractivity contribution in [3.63, 3.8) is 0 Å². The molecule has 2 N–H and O–H groups in total. The average Bonchev–Trinajstić information content (AvgIpc) is 2.35. The second-order valence-corrected chi connectivity index (χ2v) is 4.14. The van der Waals surface area contributed by atoms with Crippen LogP contribution in [0.15, 0.2) is 24.3 Å². The quantitative estimate of drug-likeness (QED) is 0.752. The van der Waals surface area contributed by atoms with Crippen LogP contribution in [-0.4, -0.2) is 30.8 Å². The van der Waals surface area contributed by atoms with E-state index in [1.54, 1.807) is 12.1 Å². The smallest absolute Gasteiger partial charge is 0.272 e. The Hall–Kier alpha value is -1.20. The number of halogens is 2. The highest BCUT2D eigenvalue weighted by molar-refractivity contribution is 5.27. The van der Waals surface area contributed by atoms with Crippen LogP contribution in [0.3, 0.4) is 0 Å². The van der Waals surface area contributed by atoms with Crippen LogP contribution in [0.2, 0.25) is 0 Å². The lowest BCUT2D eigenvalue weighted by Crippen LogP contribution is -2.26. The molecule has 1 unspecified atom stereocenters. The Morgan fingerprint density at radius 2 is 1.94 bits per heavy atom. The van der Waals surface area contributed by atoms with E-state index in [2.05, 4.69) is 5.32 Å². The lowest BCUT2D eigenvalue weighted by atomic mass is 10.2. The van der Waals surface area contributed by atoms with E-state index in [1.165, 1.54) is 0 Å². The van der Waals surface area contributed by atoms with Crippen molar-refractivity contribution in [2.75, 3.05) is 13.2 Å². The molecule has 0 spiro atoms. The van der Waals surface area contributed by atoms with E-state index in [4.69, 9.17) is 9.84 Å². The van der Waals surface area contributed by atoms with Gasteiger partial charge in [0.25, 0.3) is 6.43 Å². The molecule has 0 amide bonds. The number of nitrogens with one attached hydrogen (secondary N) is 1. The molecule has 0 aliphatic rings. The van der Waals surface area contributed by atoms with Gasteiger partial charge in [0.1, 0.15) is 12.4 Å². The first kappa shape index (κ1) is 14.9. The summed E-state index contributed by atoms with van der Waals surface area (Å²) in [5.74, 6) is 0.447. The summed E-state index contributed by atoms with van der Waals surface area (Å²) in [5, 5.41) is 12.0. The van der Waals surface area contributed by atoms with Crippen molar-refractivity contribution in [3.05, 3.63) is 29.8 Å². The Bertz CT molecular complexity index is 330. The number of rotatable bonds is 8. The van der Waals surface area contributed by atoms with Crippen molar-refractivity contribution < 1.29 is 18.6 Å². The summed E-state index contributed by atoms with van der Waals surface area (Å²) in [5.41, 5.74) is 1.05. The van der Waals surface area contributed by atoms with Gasteiger partial charge >= 0.3 is 0 Å². The third-order valence-corrected chi connectivity index (χ3v) is 2.52. The van der Waals surface area contributed by atoms with Crippen LogP contribution in [0.5, 0.6) is 5.75 Å². The third kappa shape index (κ3) is 5.93. The van der Waals surface area contributed by atoms with Crippen LogP contribution in [0.4, 0.5) is 8.78 Å². The Labute approximate surface area is 106 Å². The number of aliphatic hydroxyl groups excluding tert-OH is 1. The molecule has 3 nitrogen and oxygen atoms in total. The van der Waals surface area contributed by atoms with Gasteiger partial charge < -0.3 is 15.2 Å². The van der Waals surface area contributed by atoms with Crippen LogP contribution < -0.4 is 10.1 Å². The maximum absolute atomic E-state index is 11.9. The summed E-state index contributed by atoms with van der Waals surface area (Å²) in [6.45, 7) is 2.26. The van der Waals surface area contributed by atoms with Crippen molar-refractivity contribution in [2.45, 2.75) is 32.4 Å². The van der Waals surface area contributed by atoms with Crippen LogP contribution in [0.25, 0.3) is 0 Å². The van der Waals surface area contributed by atoms with Crippen molar-refractivity contribution in [1.82, 2.24) is 5.32 Å². The van der Waals surface area contributed by atoms with E-state index < -0.39 is 13.0 Å². The molecule has 1 rings (SSSR count). The Morgan fingerprint density at radius 1 is 1.28 bits per heavy atom. The number of hydrogen-bond acceptors (Lipinski definition) is 3. The molecule has 18 heavy (non-hydrogen) atoms. The van der Waals surface area contributed by atoms with E-state index in [0.29, 0.717) is 18.7 Å². The molecule has 102 valence electrons. The summed E-state index contributed by atoms with van der Waals surface area (Å²) in [6, 6.07) is 7.26. The summed E-state index contributed by atoms with van der Waals surface area (Å²) >= 11 is 0. The second kappa shape index (κ2) is 8.00. The fourth-order valence-corrected chi connectivity index (χ4v) is 1.45. The van der Waals surface area contributed by atoms with Gasteiger partial charge in [-0.25, -0.2) is 8.78 Å². The monoisotopic (exact) mass is 259 g/mol. The molecule has 0 radical (unpaired) electrons. The van der Waals surface area contributed by atoms with Gasteiger partial charge in [-0.15, -0.1) is 0 Å². The largest absolute Gasteiger partial charge is 0.488 e. The van der Waals surface area contributed by atoms with Crippen molar-refractivity contribution >= 4 is 0 Å². The number of ether oxygens (including phenoxy) is 1.